The molecule has 2 aliphatic carbocycles. The number of hydrogen-bond acceptors (Lipinski definition) is 5. The van der Waals surface area contributed by atoms with Crippen LogP contribution in [0.2, 0.25) is 0 Å². The van der Waals surface area contributed by atoms with Crippen LogP contribution in [0.1, 0.15) is 31.0 Å². The summed E-state index contributed by atoms with van der Waals surface area (Å²) in [5.41, 5.74) is 5.68. The summed E-state index contributed by atoms with van der Waals surface area (Å²) in [6.07, 6.45) is 6.03. The number of thioether (sulfide) groups is 1. The van der Waals surface area contributed by atoms with Crippen molar-refractivity contribution in [2.24, 2.45) is 11.8 Å². The van der Waals surface area contributed by atoms with Crippen molar-refractivity contribution in [3.8, 4) is 0 Å². The van der Waals surface area contributed by atoms with Gasteiger partial charge in [-0.1, -0.05) is 18.2 Å². The largest absolute Gasteiger partial charge is 0.368 e. The Bertz CT molecular complexity index is 385. The Balaban J connectivity index is 1.89. The number of hydrogen-bond donors (Lipinski definition) is 1. The summed E-state index contributed by atoms with van der Waals surface area (Å²) in [5.74, 6) is 3.55. The van der Waals surface area contributed by atoms with E-state index in [4.69, 9.17) is 5.73 Å². The Labute approximate surface area is 93.1 Å². The molecule has 0 saturated heterocycles. The maximum absolute atomic E-state index is 5.68. The molecule has 80 valence electrons. The minimum absolute atomic E-state index is 0.370. The smallest absolute Gasteiger partial charge is 0.224 e. The number of nitrogens with zero attached hydrogens (tertiary/aromatic N) is 3. The van der Waals surface area contributed by atoms with Gasteiger partial charge in [0.25, 0.3) is 0 Å². The third-order valence-electron chi connectivity index (χ3n) is 3.54. The van der Waals surface area contributed by atoms with Crippen molar-refractivity contribution in [3.63, 3.8) is 0 Å². The summed E-state index contributed by atoms with van der Waals surface area (Å²) in [4.78, 5) is 12.8. The van der Waals surface area contributed by atoms with Gasteiger partial charge >= 0.3 is 0 Å². The summed E-state index contributed by atoms with van der Waals surface area (Å²) >= 11 is 1.53. The average molecular weight is 222 g/mol. The number of rotatable bonds is 2. The van der Waals surface area contributed by atoms with Crippen molar-refractivity contribution in [3.05, 3.63) is 5.82 Å². The number of fused-ring (bicyclic) bond motifs is 1. The van der Waals surface area contributed by atoms with E-state index in [0.29, 0.717) is 11.9 Å². The molecule has 3 rings (SSSR count). The van der Waals surface area contributed by atoms with Crippen LogP contribution in [0.4, 0.5) is 5.95 Å². The van der Waals surface area contributed by atoms with E-state index in [9.17, 15) is 0 Å². The molecule has 0 amide bonds. The SMILES string of the molecule is CSc1nc(N)nc(C2C3CCCC32)n1. The molecule has 2 aliphatic rings. The van der Waals surface area contributed by atoms with Gasteiger partial charge in [0.05, 0.1) is 0 Å². The van der Waals surface area contributed by atoms with Crippen molar-refractivity contribution < 1.29 is 0 Å². The van der Waals surface area contributed by atoms with E-state index in [1.807, 2.05) is 6.26 Å². The highest BCUT2D eigenvalue weighted by atomic mass is 32.2. The fourth-order valence-corrected chi connectivity index (χ4v) is 3.20. The fraction of sp³-hybridized carbons (Fsp3) is 0.700. The molecule has 0 radical (unpaired) electrons. The van der Waals surface area contributed by atoms with Crippen LogP contribution in [-0.4, -0.2) is 21.2 Å². The predicted octanol–water partition coefficient (Wildman–Crippen LogP) is 1.69. The Morgan fingerprint density at radius 2 is 1.93 bits per heavy atom. The second kappa shape index (κ2) is 3.33. The zero-order chi connectivity index (χ0) is 10.4. The standard InChI is InChI=1S/C10H14N4S/c1-15-10-13-8(12-9(11)14-10)7-5-3-2-4-6(5)7/h5-7H,2-4H2,1H3,(H2,11,12,13,14). The highest BCUT2D eigenvalue weighted by Gasteiger charge is 2.55. The maximum Gasteiger partial charge on any atom is 0.224 e. The molecule has 5 heteroatoms. The molecule has 2 saturated carbocycles. The Morgan fingerprint density at radius 1 is 1.20 bits per heavy atom. The summed E-state index contributed by atoms with van der Waals surface area (Å²) in [6.45, 7) is 0. The van der Waals surface area contributed by atoms with Crippen molar-refractivity contribution in [1.29, 1.82) is 0 Å². The number of nitrogen functional groups attached to an aromatic ring is 1. The zero-order valence-corrected chi connectivity index (χ0v) is 9.50. The van der Waals surface area contributed by atoms with Gasteiger partial charge in [-0.2, -0.15) is 9.97 Å². The van der Waals surface area contributed by atoms with Gasteiger partial charge in [0.1, 0.15) is 5.82 Å². The second-order valence-electron chi connectivity index (χ2n) is 4.32. The van der Waals surface area contributed by atoms with Gasteiger partial charge in [-0.05, 0) is 30.9 Å². The van der Waals surface area contributed by atoms with Gasteiger partial charge in [-0.25, -0.2) is 4.98 Å². The first-order valence-corrected chi connectivity index (χ1v) is 6.57. The van der Waals surface area contributed by atoms with Crippen molar-refractivity contribution in [2.45, 2.75) is 30.3 Å². The second-order valence-corrected chi connectivity index (χ2v) is 5.10. The van der Waals surface area contributed by atoms with Crippen LogP contribution in [0.25, 0.3) is 0 Å². The van der Waals surface area contributed by atoms with E-state index < -0.39 is 0 Å². The molecule has 0 spiro atoms. The van der Waals surface area contributed by atoms with E-state index >= 15 is 0 Å². The van der Waals surface area contributed by atoms with E-state index in [1.54, 1.807) is 0 Å². The highest BCUT2D eigenvalue weighted by Crippen LogP contribution is 2.62. The minimum Gasteiger partial charge on any atom is -0.368 e. The quantitative estimate of drug-likeness (QED) is 0.771. The fourth-order valence-electron chi connectivity index (χ4n) is 2.83. The zero-order valence-electron chi connectivity index (χ0n) is 8.68. The Hall–Kier alpha value is -0.840. The monoisotopic (exact) mass is 222 g/mol. The van der Waals surface area contributed by atoms with E-state index in [1.165, 1.54) is 31.0 Å². The van der Waals surface area contributed by atoms with E-state index in [-0.39, 0.29) is 0 Å². The third kappa shape index (κ3) is 1.49. The predicted molar refractivity (Wildman–Crippen MR) is 59.6 cm³/mol. The summed E-state index contributed by atoms with van der Waals surface area (Å²) in [7, 11) is 0. The molecular weight excluding hydrogens is 208 g/mol. The van der Waals surface area contributed by atoms with Crippen LogP contribution in [-0.2, 0) is 0 Å². The highest BCUT2D eigenvalue weighted by molar-refractivity contribution is 7.98. The van der Waals surface area contributed by atoms with Crippen molar-refractivity contribution in [1.82, 2.24) is 15.0 Å². The Morgan fingerprint density at radius 3 is 2.60 bits per heavy atom. The van der Waals surface area contributed by atoms with E-state index in [0.717, 1.165) is 22.8 Å². The van der Waals surface area contributed by atoms with Crippen LogP contribution in [0.3, 0.4) is 0 Å². The molecule has 4 nitrogen and oxygen atoms in total. The molecule has 2 N–H and O–H groups in total. The first-order valence-electron chi connectivity index (χ1n) is 5.35. The lowest BCUT2D eigenvalue weighted by molar-refractivity contribution is 0.646. The molecular formula is C10H14N4S. The summed E-state index contributed by atoms with van der Waals surface area (Å²) in [5, 5.41) is 0.752. The topological polar surface area (TPSA) is 64.7 Å². The normalized spacial score (nSPS) is 32.7. The summed E-state index contributed by atoms with van der Waals surface area (Å²) in [6, 6.07) is 0. The van der Waals surface area contributed by atoms with Crippen molar-refractivity contribution in [2.75, 3.05) is 12.0 Å². The van der Waals surface area contributed by atoms with Crippen LogP contribution in [0, 0.1) is 11.8 Å². The van der Waals surface area contributed by atoms with Gasteiger partial charge in [0, 0.05) is 5.92 Å². The molecule has 1 aromatic rings. The van der Waals surface area contributed by atoms with Crippen LogP contribution < -0.4 is 5.73 Å². The molecule has 0 aromatic carbocycles. The first kappa shape index (κ1) is 9.39. The Kier molecular flexibility index (Phi) is 2.09. The average Bonchev–Trinajstić information content (AvgIpc) is 2.72. The molecule has 0 bridgehead atoms. The van der Waals surface area contributed by atoms with Gasteiger partial charge in [0.2, 0.25) is 5.95 Å². The lowest BCUT2D eigenvalue weighted by Crippen LogP contribution is -2.05. The lowest BCUT2D eigenvalue weighted by Gasteiger charge is -2.04. The molecule has 1 aromatic heterocycles. The third-order valence-corrected chi connectivity index (χ3v) is 4.08. The van der Waals surface area contributed by atoms with Crippen molar-refractivity contribution >= 4 is 17.7 Å². The van der Waals surface area contributed by atoms with Gasteiger partial charge in [-0.3, -0.25) is 0 Å². The number of anilines is 1. The molecule has 0 aliphatic heterocycles. The molecule has 2 fully saturated rings. The summed E-state index contributed by atoms with van der Waals surface area (Å²) < 4.78 is 0. The maximum atomic E-state index is 5.68. The number of aromatic nitrogens is 3. The minimum atomic E-state index is 0.370. The van der Waals surface area contributed by atoms with Crippen LogP contribution in [0.5, 0.6) is 0 Å². The molecule has 15 heavy (non-hydrogen) atoms. The van der Waals surface area contributed by atoms with Gasteiger partial charge in [-0.15, -0.1) is 0 Å². The van der Waals surface area contributed by atoms with Gasteiger partial charge < -0.3 is 5.73 Å². The first-order chi connectivity index (χ1) is 7.29. The molecule has 2 atom stereocenters. The molecule has 1 heterocycles. The van der Waals surface area contributed by atoms with E-state index in [2.05, 4.69) is 15.0 Å². The molecule has 2 unspecified atom stereocenters. The van der Waals surface area contributed by atoms with Gasteiger partial charge in [0.15, 0.2) is 5.16 Å². The van der Waals surface area contributed by atoms with Crippen LogP contribution in [0.15, 0.2) is 5.16 Å². The van der Waals surface area contributed by atoms with Crippen LogP contribution >= 0.6 is 11.8 Å². The lowest BCUT2D eigenvalue weighted by atomic mass is 10.1. The number of nitrogens with two attached hydrogens (primary N) is 1.